The van der Waals surface area contributed by atoms with Crippen LogP contribution in [-0.2, 0) is 23.4 Å². The van der Waals surface area contributed by atoms with Gasteiger partial charge in [-0.3, -0.25) is 0 Å². The van der Waals surface area contributed by atoms with Gasteiger partial charge in [0.05, 0.1) is 11.7 Å². The number of unbranched alkanes of at least 4 members (excludes halogenated alkanes) is 4. The molecule has 0 amide bonds. The van der Waals surface area contributed by atoms with Gasteiger partial charge in [-0.25, -0.2) is 26.3 Å². The van der Waals surface area contributed by atoms with Crippen molar-refractivity contribution in [2.45, 2.75) is 95.4 Å². The second-order valence-corrected chi connectivity index (χ2v) is 11.3. The van der Waals surface area contributed by atoms with E-state index in [1.807, 2.05) is 0 Å². The molecule has 3 aromatic rings. The van der Waals surface area contributed by atoms with Crippen molar-refractivity contribution < 1.29 is 53.4 Å². The van der Waals surface area contributed by atoms with Crippen molar-refractivity contribution in [1.82, 2.24) is 0 Å². The van der Waals surface area contributed by atoms with Crippen molar-refractivity contribution >= 4 is 0 Å². The lowest BCUT2D eigenvalue weighted by molar-refractivity contribution is -0.280. The molecule has 1 saturated carbocycles. The third-order valence-electron chi connectivity index (χ3n) is 7.94. The van der Waals surface area contributed by atoms with Gasteiger partial charge in [-0.2, -0.15) is 17.6 Å². The standard InChI is InChI=1S/C33H32F10O2/c1-2-3-4-5-6-7-19-8-13-24(25(34)14-19)32(40,41)45-23-17-26(35)30(27(36)18-23)33(42,43)44-22-11-9-20(10-12-22)21-15-28(37)31(39)29(38)16-21/h8,13-18,20,22H,2-7,9-12H2,1H3. The van der Waals surface area contributed by atoms with Crippen molar-refractivity contribution in [2.24, 2.45) is 0 Å². The maximum Gasteiger partial charge on any atom is 0.429 e. The van der Waals surface area contributed by atoms with E-state index in [1.54, 1.807) is 0 Å². The normalized spacial score (nSPS) is 17.5. The summed E-state index contributed by atoms with van der Waals surface area (Å²) < 4.78 is 153. The summed E-state index contributed by atoms with van der Waals surface area (Å²) in [4.78, 5) is 0. The average molecular weight is 651 g/mol. The van der Waals surface area contributed by atoms with Crippen LogP contribution in [0.4, 0.5) is 43.9 Å². The third kappa shape index (κ3) is 8.51. The highest BCUT2D eigenvalue weighted by atomic mass is 19.3. The summed E-state index contributed by atoms with van der Waals surface area (Å²) in [5.74, 6) is -11.2. The number of alkyl halides is 4. The van der Waals surface area contributed by atoms with E-state index >= 15 is 0 Å². The minimum absolute atomic E-state index is 0.0826. The van der Waals surface area contributed by atoms with Crippen molar-refractivity contribution in [1.29, 1.82) is 0 Å². The molecule has 0 bridgehead atoms. The zero-order chi connectivity index (χ0) is 32.9. The van der Waals surface area contributed by atoms with Crippen LogP contribution in [0.5, 0.6) is 5.75 Å². The lowest BCUT2D eigenvalue weighted by Crippen LogP contribution is -2.31. The summed E-state index contributed by atoms with van der Waals surface area (Å²) in [6.07, 6.45) is -4.88. The first kappa shape index (κ1) is 34.6. The van der Waals surface area contributed by atoms with Crippen LogP contribution < -0.4 is 4.74 Å². The molecule has 0 heterocycles. The van der Waals surface area contributed by atoms with Gasteiger partial charge in [0.1, 0.15) is 28.8 Å². The quantitative estimate of drug-likeness (QED) is 0.104. The molecule has 0 saturated heterocycles. The number of benzene rings is 3. The maximum absolute atomic E-state index is 14.9. The lowest BCUT2D eigenvalue weighted by atomic mass is 9.82. The molecule has 0 radical (unpaired) electrons. The highest BCUT2D eigenvalue weighted by molar-refractivity contribution is 5.34. The Morgan fingerprint density at radius 1 is 0.667 bits per heavy atom. The predicted octanol–water partition coefficient (Wildman–Crippen LogP) is 11.0. The molecular formula is C33H32F10O2. The number of aryl methyl sites for hydroxylation is 1. The van der Waals surface area contributed by atoms with Crippen LogP contribution in [0.3, 0.4) is 0 Å². The monoisotopic (exact) mass is 650 g/mol. The van der Waals surface area contributed by atoms with E-state index in [2.05, 4.69) is 11.7 Å². The SMILES string of the molecule is CCCCCCCc1ccc(C(F)(F)Oc2cc(F)c(C(F)(F)OC3CCC(c4cc(F)c(F)c(F)c4)CC3)c(F)c2)c(F)c1. The molecular weight excluding hydrogens is 618 g/mol. The van der Waals surface area contributed by atoms with Gasteiger partial charge < -0.3 is 9.47 Å². The topological polar surface area (TPSA) is 18.5 Å². The van der Waals surface area contributed by atoms with Crippen LogP contribution in [0, 0.1) is 34.9 Å². The fourth-order valence-corrected chi connectivity index (χ4v) is 5.57. The summed E-state index contributed by atoms with van der Waals surface area (Å²) in [5.41, 5.74) is -2.41. The number of halogens is 10. The second kappa shape index (κ2) is 14.4. The molecule has 1 fully saturated rings. The Balaban J connectivity index is 1.40. The fraction of sp³-hybridized carbons (Fsp3) is 0.455. The Kier molecular flexibility index (Phi) is 11.1. The Morgan fingerprint density at radius 3 is 1.84 bits per heavy atom. The van der Waals surface area contributed by atoms with Crippen LogP contribution in [-0.4, -0.2) is 6.10 Å². The van der Waals surface area contributed by atoms with Gasteiger partial charge in [-0.1, -0.05) is 38.7 Å². The first-order valence-electron chi connectivity index (χ1n) is 14.8. The van der Waals surface area contributed by atoms with E-state index in [-0.39, 0.29) is 43.4 Å². The molecule has 0 spiro atoms. The molecule has 0 atom stereocenters. The van der Waals surface area contributed by atoms with Crippen molar-refractivity contribution in [3.05, 3.63) is 99.6 Å². The minimum Gasteiger partial charge on any atom is -0.429 e. The zero-order valence-electron chi connectivity index (χ0n) is 24.4. The number of hydrogen-bond acceptors (Lipinski definition) is 2. The molecule has 0 unspecified atom stereocenters. The molecule has 1 aliphatic rings. The van der Waals surface area contributed by atoms with Gasteiger partial charge in [-0.15, -0.1) is 0 Å². The molecule has 4 rings (SSSR count). The zero-order valence-corrected chi connectivity index (χ0v) is 24.4. The number of ether oxygens (including phenoxy) is 2. The van der Waals surface area contributed by atoms with Gasteiger partial charge >= 0.3 is 12.2 Å². The van der Waals surface area contributed by atoms with E-state index in [1.165, 1.54) is 6.07 Å². The summed E-state index contributed by atoms with van der Waals surface area (Å²) in [6.45, 7) is 2.06. The molecule has 0 N–H and O–H groups in total. The van der Waals surface area contributed by atoms with Crippen LogP contribution in [0.1, 0.15) is 92.9 Å². The molecule has 2 nitrogen and oxygen atoms in total. The molecule has 246 valence electrons. The van der Waals surface area contributed by atoms with Crippen LogP contribution in [0.25, 0.3) is 0 Å². The minimum atomic E-state index is -4.53. The highest BCUT2D eigenvalue weighted by Crippen LogP contribution is 2.42. The Labute approximate surface area is 254 Å². The maximum atomic E-state index is 14.9. The largest absolute Gasteiger partial charge is 0.429 e. The molecule has 0 aliphatic heterocycles. The first-order chi connectivity index (χ1) is 21.2. The molecule has 0 aromatic heterocycles. The van der Waals surface area contributed by atoms with Gasteiger partial charge in [0.25, 0.3) is 0 Å². The van der Waals surface area contributed by atoms with Gasteiger partial charge in [0.2, 0.25) is 0 Å². The second-order valence-electron chi connectivity index (χ2n) is 11.3. The summed E-state index contributed by atoms with van der Waals surface area (Å²) in [6, 6.07) is 4.91. The van der Waals surface area contributed by atoms with E-state index < -0.39 is 76.0 Å². The van der Waals surface area contributed by atoms with Crippen LogP contribution in [0.15, 0.2) is 42.5 Å². The van der Waals surface area contributed by atoms with E-state index in [0.29, 0.717) is 12.0 Å². The molecule has 45 heavy (non-hydrogen) atoms. The Hall–Kier alpha value is -3.28. The van der Waals surface area contributed by atoms with Crippen molar-refractivity contribution in [3.63, 3.8) is 0 Å². The summed E-state index contributed by atoms with van der Waals surface area (Å²) in [7, 11) is 0. The molecule has 12 heteroatoms. The van der Waals surface area contributed by atoms with E-state index in [4.69, 9.17) is 4.74 Å². The van der Waals surface area contributed by atoms with E-state index in [0.717, 1.165) is 56.4 Å². The van der Waals surface area contributed by atoms with E-state index in [9.17, 15) is 43.9 Å². The average Bonchev–Trinajstić information content (AvgIpc) is 2.95. The number of hydrogen-bond donors (Lipinski definition) is 0. The first-order valence-corrected chi connectivity index (χ1v) is 14.8. The Morgan fingerprint density at radius 2 is 1.27 bits per heavy atom. The predicted molar refractivity (Wildman–Crippen MR) is 146 cm³/mol. The summed E-state index contributed by atoms with van der Waals surface area (Å²) in [5, 5.41) is 0. The lowest BCUT2D eigenvalue weighted by Gasteiger charge is -2.31. The van der Waals surface area contributed by atoms with Crippen molar-refractivity contribution in [2.75, 3.05) is 0 Å². The highest BCUT2D eigenvalue weighted by Gasteiger charge is 2.44. The molecule has 3 aromatic carbocycles. The van der Waals surface area contributed by atoms with Crippen LogP contribution in [0.2, 0.25) is 0 Å². The molecule has 1 aliphatic carbocycles. The van der Waals surface area contributed by atoms with Crippen molar-refractivity contribution in [3.8, 4) is 5.75 Å². The Bertz CT molecular complexity index is 1420. The summed E-state index contributed by atoms with van der Waals surface area (Å²) >= 11 is 0. The smallest absolute Gasteiger partial charge is 0.429 e. The number of rotatable bonds is 13. The fourth-order valence-electron chi connectivity index (χ4n) is 5.57. The third-order valence-corrected chi connectivity index (χ3v) is 7.94. The van der Waals surface area contributed by atoms with Crippen LogP contribution >= 0.6 is 0 Å². The van der Waals surface area contributed by atoms with Gasteiger partial charge in [0.15, 0.2) is 17.5 Å². The van der Waals surface area contributed by atoms with Gasteiger partial charge in [-0.05, 0) is 79.8 Å². The van der Waals surface area contributed by atoms with Gasteiger partial charge in [0, 0.05) is 12.1 Å².